The molecule has 0 bridgehead atoms. The van der Waals surface area contributed by atoms with Gasteiger partial charge in [0.25, 0.3) is 5.91 Å². The number of carbonyl (C=O) groups is 1. The first-order valence-electron chi connectivity index (χ1n) is 5.85. The Morgan fingerprint density at radius 1 is 1.40 bits per heavy atom. The van der Waals surface area contributed by atoms with E-state index >= 15 is 0 Å². The summed E-state index contributed by atoms with van der Waals surface area (Å²) in [6.07, 6.45) is 0. The number of amides is 1. The lowest BCUT2D eigenvalue weighted by Gasteiger charge is -2.08. The van der Waals surface area contributed by atoms with Crippen LogP contribution >= 0.6 is 11.6 Å². The van der Waals surface area contributed by atoms with Crippen molar-refractivity contribution in [1.82, 2.24) is 14.7 Å². The molecular weight excluding hydrogens is 280 g/mol. The highest BCUT2D eigenvalue weighted by Crippen LogP contribution is 2.27. The summed E-state index contributed by atoms with van der Waals surface area (Å²) in [6, 6.07) is 6.67. The second-order valence-corrected chi connectivity index (χ2v) is 4.79. The van der Waals surface area contributed by atoms with Gasteiger partial charge in [-0.25, -0.2) is 4.68 Å². The van der Waals surface area contributed by atoms with Crippen LogP contribution in [0.15, 0.2) is 24.3 Å². The van der Waals surface area contributed by atoms with Gasteiger partial charge in [0.05, 0.1) is 17.8 Å². The van der Waals surface area contributed by atoms with Crippen LogP contribution in [0.2, 0.25) is 5.02 Å². The molecule has 0 unspecified atom stereocenters. The number of halogens is 1. The fourth-order valence-electron chi connectivity index (χ4n) is 1.72. The van der Waals surface area contributed by atoms with E-state index in [9.17, 15) is 4.79 Å². The number of aromatic nitrogens is 2. The maximum absolute atomic E-state index is 11.9. The van der Waals surface area contributed by atoms with E-state index in [2.05, 4.69) is 5.10 Å². The molecule has 0 aliphatic carbocycles. The SMILES string of the molecule is COc1cc(-n2nc(C(=O)N(C)C)cc2N)ccc1Cl. The van der Waals surface area contributed by atoms with Gasteiger partial charge in [-0.2, -0.15) is 5.10 Å². The van der Waals surface area contributed by atoms with Crippen LogP contribution in [-0.4, -0.2) is 41.8 Å². The third-order valence-corrected chi connectivity index (χ3v) is 3.05. The molecule has 0 atom stereocenters. The Hall–Kier alpha value is -2.21. The molecule has 2 rings (SSSR count). The first-order chi connectivity index (χ1) is 9.43. The first-order valence-corrected chi connectivity index (χ1v) is 6.23. The minimum atomic E-state index is -0.212. The van der Waals surface area contributed by atoms with Gasteiger partial charge in [-0.1, -0.05) is 11.6 Å². The van der Waals surface area contributed by atoms with Gasteiger partial charge in [0.15, 0.2) is 5.69 Å². The Morgan fingerprint density at radius 2 is 2.10 bits per heavy atom. The van der Waals surface area contributed by atoms with Gasteiger partial charge in [-0.05, 0) is 12.1 Å². The summed E-state index contributed by atoms with van der Waals surface area (Å²) < 4.78 is 6.62. The van der Waals surface area contributed by atoms with E-state index in [1.54, 1.807) is 32.3 Å². The van der Waals surface area contributed by atoms with Crippen molar-refractivity contribution in [3.63, 3.8) is 0 Å². The Labute approximate surface area is 121 Å². The van der Waals surface area contributed by atoms with E-state index in [0.717, 1.165) is 0 Å². The summed E-state index contributed by atoms with van der Waals surface area (Å²) in [6.45, 7) is 0. The molecule has 0 aliphatic rings. The van der Waals surface area contributed by atoms with Gasteiger partial charge in [0, 0.05) is 26.2 Å². The molecule has 0 radical (unpaired) electrons. The number of benzene rings is 1. The van der Waals surface area contributed by atoms with Crippen molar-refractivity contribution in [3.05, 3.63) is 35.0 Å². The molecule has 2 aromatic rings. The second-order valence-electron chi connectivity index (χ2n) is 4.38. The van der Waals surface area contributed by atoms with Crippen LogP contribution in [0.1, 0.15) is 10.5 Å². The van der Waals surface area contributed by atoms with E-state index in [4.69, 9.17) is 22.1 Å². The molecule has 106 valence electrons. The number of hydrogen-bond acceptors (Lipinski definition) is 4. The number of nitrogen functional groups attached to an aromatic ring is 1. The Kier molecular flexibility index (Phi) is 3.85. The quantitative estimate of drug-likeness (QED) is 0.937. The molecule has 0 saturated heterocycles. The van der Waals surface area contributed by atoms with Crippen molar-refractivity contribution in [2.75, 3.05) is 26.9 Å². The standard InChI is InChI=1S/C13H15ClN4O2/c1-17(2)13(19)10-7-12(15)18(16-10)8-4-5-9(14)11(6-8)20-3/h4-7H,15H2,1-3H3. The van der Waals surface area contributed by atoms with E-state index < -0.39 is 0 Å². The summed E-state index contributed by atoms with van der Waals surface area (Å²) in [5.74, 6) is 0.663. The average molecular weight is 295 g/mol. The van der Waals surface area contributed by atoms with E-state index in [0.29, 0.717) is 22.3 Å². The fourth-order valence-corrected chi connectivity index (χ4v) is 1.91. The molecule has 0 fully saturated rings. The van der Waals surface area contributed by atoms with Crippen LogP contribution in [0.3, 0.4) is 0 Å². The van der Waals surface area contributed by atoms with Crippen LogP contribution in [0.5, 0.6) is 5.75 Å². The molecule has 6 nitrogen and oxygen atoms in total. The zero-order chi connectivity index (χ0) is 14.9. The van der Waals surface area contributed by atoms with E-state index in [1.165, 1.54) is 22.8 Å². The predicted octanol–water partition coefficient (Wildman–Crippen LogP) is 1.82. The molecule has 1 heterocycles. The van der Waals surface area contributed by atoms with Gasteiger partial charge in [0.2, 0.25) is 0 Å². The molecule has 0 aliphatic heterocycles. The summed E-state index contributed by atoms with van der Waals surface area (Å²) in [5, 5.41) is 4.70. The molecule has 1 aromatic carbocycles. The van der Waals surface area contributed by atoms with Gasteiger partial charge in [-0.3, -0.25) is 4.79 Å². The molecule has 20 heavy (non-hydrogen) atoms. The van der Waals surface area contributed by atoms with Gasteiger partial charge in [0.1, 0.15) is 11.6 Å². The summed E-state index contributed by atoms with van der Waals surface area (Å²) in [5.41, 5.74) is 6.84. The number of rotatable bonds is 3. The number of nitrogens with zero attached hydrogens (tertiary/aromatic N) is 3. The summed E-state index contributed by atoms with van der Waals surface area (Å²) in [4.78, 5) is 13.3. The number of hydrogen-bond donors (Lipinski definition) is 1. The van der Waals surface area contributed by atoms with Crippen LogP contribution in [0.25, 0.3) is 5.69 Å². The summed E-state index contributed by atoms with van der Waals surface area (Å²) >= 11 is 5.97. The van der Waals surface area contributed by atoms with Gasteiger partial charge >= 0.3 is 0 Å². The lowest BCUT2D eigenvalue weighted by atomic mass is 10.3. The predicted molar refractivity (Wildman–Crippen MR) is 77.6 cm³/mol. The largest absolute Gasteiger partial charge is 0.495 e. The van der Waals surface area contributed by atoms with Crippen molar-refractivity contribution >= 4 is 23.3 Å². The molecule has 0 saturated carbocycles. The highest BCUT2D eigenvalue weighted by Gasteiger charge is 2.16. The second kappa shape index (κ2) is 5.42. The number of carbonyl (C=O) groups excluding carboxylic acids is 1. The van der Waals surface area contributed by atoms with Crippen molar-refractivity contribution in [3.8, 4) is 11.4 Å². The fraction of sp³-hybridized carbons (Fsp3) is 0.231. The zero-order valence-corrected chi connectivity index (χ0v) is 12.2. The van der Waals surface area contributed by atoms with Crippen LogP contribution in [0, 0.1) is 0 Å². The minimum absolute atomic E-state index is 0.212. The normalized spacial score (nSPS) is 10.4. The first kappa shape index (κ1) is 14.2. The smallest absolute Gasteiger partial charge is 0.273 e. The highest BCUT2D eigenvalue weighted by atomic mass is 35.5. The number of nitrogens with two attached hydrogens (primary N) is 1. The lowest BCUT2D eigenvalue weighted by Crippen LogP contribution is -2.22. The zero-order valence-electron chi connectivity index (χ0n) is 11.4. The maximum Gasteiger partial charge on any atom is 0.273 e. The maximum atomic E-state index is 11.9. The minimum Gasteiger partial charge on any atom is -0.495 e. The molecule has 1 amide bonds. The van der Waals surface area contributed by atoms with Crippen molar-refractivity contribution in [1.29, 1.82) is 0 Å². The van der Waals surface area contributed by atoms with Crippen molar-refractivity contribution < 1.29 is 9.53 Å². The Morgan fingerprint density at radius 3 is 2.70 bits per heavy atom. The molecule has 2 N–H and O–H groups in total. The lowest BCUT2D eigenvalue weighted by molar-refractivity contribution is 0.0821. The molecule has 1 aromatic heterocycles. The molecule has 0 spiro atoms. The highest BCUT2D eigenvalue weighted by molar-refractivity contribution is 6.32. The number of ether oxygens (including phenoxy) is 1. The van der Waals surface area contributed by atoms with Crippen LogP contribution in [0.4, 0.5) is 5.82 Å². The number of anilines is 1. The topological polar surface area (TPSA) is 73.4 Å². The van der Waals surface area contributed by atoms with Crippen molar-refractivity contribution in [2.45, 2.75) is 0 Å². The van der Waals surface area contributed by atoms with Gasteiger partial charge in [-0.15, -0.1) is 0 Å². The number of methoxy groups -OCH3 is 1. The third-order valence-electron chi connectivity index (χ3n) is 2.74. The summed E-state index contributed by atoms with van der Waals surface area (Å²) in [7, 11) is 4.84. The van der Waals surface area contributed by atoms with Crippen LogP contribution < -0.4 is 10.5 Å². The van der Waals surface area contributed by atoms with Gasteiger partial charge < -0.3 is 15.4 Å². The molecule has 7 heteroatoms. The van der Waals surface area contributed by atoms with E-state index in [-0.39, 0.29) is 11.6 Å². The van der Waals surface area contributed by atoms with Crippen molar-refractivity contribution in [2.24, 2.45) is 0 Å². The molecular formula is C13H15ClN4O2. The Bertz CT molecular complexity index is 652. The van der Waals surface area contributed by atoms with E-state index in [1.807, 2.05) is 0 Å². The third kappa shape index (κ3) is 2.55. The van der Waals surface area contributed by atoms with Crippen LogP contribution in [-0.2, 0) is 0 Å². The average Bonchev–Trinajstić information content (AvgIpc) is 2.80. The monoisotopic (exact) mass is 294 g/mol. The Balaban J connectivity index is 2.46.